The van der Waals surface area contributed by atoms with Crippen LogP contribution in [0.25, 0.3) is 0 Å². The third-order valence-corrected chi connectivity index (χ3v) is 3.37. The van der Waals surface area contributed by atoms with Crippen LogP contribution in [-0.2, 0) is 38.2 Å². The van der Waals surface area contributed by atoms with E-state index in [0.29, 0.717) is 0 Å². The van der Waals surface area contributed by atoms with Crippen molar-refractivity contribution in [3.63, 3.8) is 0 Å². The van der Waals surface area contributed by atoms with Crippen molar-refractivity contribution in [2.24, 2.45) is 28.7 Å². The number of esters is 4. The van der Waals surface area contributed by atoms with Crippen molar-refractivity contribution in [3.8, 4) is 0 Å². The Morgan fingerprint density at radius 2 is 1.22 bits per heavy atom. The zero-order valence-corrected chi connectivity index (χ0v) is 17.6. The summed E-state index contributed by atoms with van der Waals surface area (Å²) in [5.74, 6) is -5.08. The molecule has 0 aromatic rings. The quantitative estimate of drug-likeness (QED) is 0.0793. The highest BCUT2D eigenvalue weighted by Gasteiger charge is 2.29. The highest BCUT2D eigenvalue weighted by molar-refractivity contribution is 5.91. The maximum atomic E-state index is 11.4. The van der Waals surface area contributed by atoms with Crippen molar-refractivity contribution in [2.45, 2.75) is 50.2 Å². The van der Waals surface area contributed by atoms with E-state index in [0.717, 1.165) is 0 Å². The van der Waals surface area contributed by atoms with Gasteiger partial charge in [-0.1, -0.05) is 0 Å². The molecule has 16 nitrogen and oxygen atoms in total. The van der Waals surface area contributed by atoms with E-state index in [4.69, 9.17) is 48.7 Å². The van der Waals surface area contributed by atoms with Gasteiger partial charge in [0.25, 0.3) is 0 Å². The predicted octanol–water partition coefficient (Wildman–Crippen LogP) is -5.76. The number of carboxylic acid groups (broad SMARTS) is 1. The normalized spacial score (nSPS) is 16.0. The Kier molecular flexibility index (Phi) is 15.7. The number of nitrogens with two attached hydrogens (primary N) is 5. The van der Waals surface area contributed by atoms with Crippen molar-refractivity contribution in [2.75, 3.05) is 19.8 Å². The molecule has 0 unspecified atom stereocenters. The summed E-state index contributed by atoms with van der Waals surface area (Å²) >= 11 is 0. The zero-order chi connectivity index (χ0) is 25.6. The SMILES string of the molecule is C[C@@H](N)C(=O)OC(=O)[C@@H](N)[C@@H](C)OC(=O)[C@@H](N)CO.N[C@@H](COC(=O)[C@@H](N)CO)C(=O)O. The second kappa shape index (κ2) is 16.0. The van der Waals surface area contributed by atoms with E-state index >= 15 is 0 Å². The fourth-order valence-electron chi connectivity index (χ4n) is 1.29. The number of hydrogen-bond donors (Lipinski definition) is 8. The van der Waals surface area contributed by atoms with Crippen molar-refractivity contribution in [3.05, 3.63) is 0 Å². The Balaban J connectivity index is 0. The summed E-state index contributed by atoms with van der Waals surface area (Å²) in [6.45, 7) is 1.05. The molecule has 186 valence electrons. The van der Waals surface area contributed by atoms with Gasteiger partial charge in [-0.3, -0.25) is 14.4 Å². The van der Waals surface area contributed by atoms with E-state index in [1.54, 1.807) is 0 Å². The number of aliphatic carboxylic acids is 1. The number of aliphatic hydroxyl groups is 2. The number of ether oxygens (including phenoxy) is 3. The first-order valence-electron chi connectivity index (χ1n) is 9.04. The molecule has 32 heavy (non-hydrogen) atoms. The first-order valence-corrected chi connectivity index (χ1v) is 9.04. The molecule has 6 atom stereocenters. The highest BCUT2D eigenvalue weighted by Crippen LogP contribution is 2.02. The predicted molar refractivity (Wildman–Crippen MR) is 105 cm³/mol. The molecular formula is C16H31N5O11. The minimum atomic E-state index is -1.36. The third-order valence-electron chi connectivity index (χ3n) is 3.37. The minimum Gasteiger partial charge on any atom is -0.480 e. The van der Waals surface area contributed by atoms with Gasteiger partial charge in [-0.2, -0.15) is 0 Å². The molecule has 16 heteroatoms. The summed E-state index contributed by atoms with van der Waals surface area (Å²) in [6.07, 6.45) is -1.07. The van der Waals surface area contributed by atoms with Crippen molar-refractivity contribution < 1.29 is 53.5 Å². The average Bonchev–Trinajstić information content (AvgIpc) is 2.75. The molecule has 0 saturated carbocycles. The molecule has 0 aliphatic carbocycles. The molecule has 0 bridgehead atoms. The van der Waals surface area contributed by atoms with Crippen LogP contribution >= 0.6 is 0 Å². The Labute approximate surface area is 182 Å². The van der Waals surface area contributed by atoms with E-state index in [1.807, 2.05) is 0 Å². The van der Waals surface area contributed by atoms with E-state index in [1.165, 1.54) is 13.8 Å². The van der Waals surface area contributed by atoms with Crippen LogP contribution in [0.5, 0.6) is 0 Å². The lowest BCUT2D eigenvalue weighted by atomic mass is 10.2. The standard InChI is InChI=1S/C10H19N3O6.C6H12N2O5/c1-4(11)8(15)19-10(17)7(13)5(2)18-9(16)6(12)3-14;7-3(1-9)6(12)13-2-4(8)5(10)11/h4-7,14H,3,11-13H2,1-2H3;3-4,9H,1-2,7-8H2,(H,10,11)/t4-,5-,6+,7+;3-,4-/m10/s1. The van der Waals surface area contributed by atoms with E-state index in [-0.39, 0.29) is 0 Å². The van der Waals surface area contributed by atoms with Gasteiger partial charge in [-0.05, 0) is 13.8 Å². The van der Waals surface area contributed by atoms with Crippen LogP contribution in [0.1, 0.15) is 13.8 Å². The molecule has 0 radical (unpaired) electrons. The van der Waals surface area contributed by atoms with Gasteiger partial charge in [0.2, 0.25) is 0 Å². The average molecular weight is 469 g/mol. The molecule has 13 N–H and O–H groups in total. The molecule has 0 aromatic heterocycles. The molecule has 0 aliphatic rings. The maximum absolute atomic E-state index is 11.4. The van der Waals surface area contributed by atoms with Gasteiger partial charge >= 0.3 is 29.8 Å². The van der Waals surface area contributed by atoms with Crippen LogP contribution in [0.15, 0.2) is 0 Å². The molecule has 0 aromatic carbocycles. The molecule has 0 fully saturated rings. The fourth-order valence-corrected chi connectivity index (χ4v) is 1.29. The highest BCUT2D eigenvalue weighted by atomic mass is 16.6. The number of aliphatic hydroxyl groups excluding tert-OH is 2. The lowest BCUT2D eigenvalue weighted by Crippen LogP contribution is -2.48. The molecule has 0 heterocycles. The Morgan fingerprint density at radius 3 is 1.62 bits per heavy atom. The number of carbonyl (C=O) groups excluding carboxylic acids is 4. The maximum Gasteiger partial charge on any atom is 0.334 e. The summed E-state index contributed by atoms with van der Waals surface area (Å²) in [5, 5.41) is 25.3. The topological polar surface area (TPSA) is 304 Å². The number of carbonyl (C=O) groups is 5. The zero-order valence-electron chi connectivity index (χ0n) is 17.6. The van der Waals surface area contributed by atoms with Crippen LogP contribution in [0.4, 0.5) is 0 Å². The van der Waals surface area contributed by atoms with Gasteiger partial charge in [0.15, 0.2) is 0 Å². The molecule has 0 saturated heterocycles. The van der Waals surface area contributed by atoms with Crippen molar-refractivity contribution >= 4 is 29.8 Å². The van der Waals surface area contributed by atoms with Crippen molar-refractivity contribution in [1.82, 2.24) is 0 Å². The summed E-state index contributed by atoms with van der Waals surface area (Å²) in [6, 6.07) is -5.98. The van der Waals surface area contributed by atoms with Crippen LogP contribution in [0.2, 0.25) is 0 Å². The Hall–Kier alpha value is -2.73. The van der Waals surface area contributed by atoms with Crippen molar-refractivity contribution in [1.29, 1.82) is 0 Å². The van der Waals surface area contributed by atoms with E-state index < -0.39 is 86.0 Å². The summed E-state index contributed by atoms with van der Waals surface area (Å²) in [7, 11) is 0. The summed E-state index contributed by atoms with van der Waals surface area (Å²) in [5.41, 5.74) is 26.0. The largest absolute Gasteiger partial charge is 0.480 e. The van der Waals surface area contributed by atoms with E-state index in [9.17, 15) is 24.0 Å². The minimum absolute atomic E-state index is 0.456. The second-order valence-electron chi connectivity index (χ2n) is 6.35. The van der Waals surface area contributed by atoms with E-state index in [2.05, 4.69) is 9.47 Å². The van der Waals surface area contributed by atoms with Crippen LogP contribution in [-0.4, -0.2) is 101 Å². The third kappa shape index (κ3) is 12.8. The summed E-state index contributed by atoms with van der Waals surface area (Å²) in [4.78, 5) is 54.6. The molecular weight excluding hydrogens is 438 g/mol. The first-order chi connectivity index (χ1) is 14.7. The molecule has 0 aliphatic heterocycles. The van der Waals surface area contributed by atoms with Crippen LogP contribution < -0.4 is 28.7 Å². The molecule has 0 amide bonds. The number of hydrogen-bond acceptors (Lipinski definition) is 15. The van der Waals surface area contributed by atoms with Gasteiger partial charge in [0, 0.05) is 0 Å². The van der Waals surface area contributed by atoms with Gasteiger partial charge in [-0.15, -0.1) is 0 Å². The monoisotopic (exact) mass is 469 g/mol. The first kappa shape index (κ1) is 31.5. The Morgan fingerprint density at radius 1 is 0.750 bits per heavy atom. The van der Waals surface area contributed by atoms with Gasteiger partial charge in [0.05, 0.1) is 13.2 Å². The number of rotatable bonds is 11. The summed E-state index contributed by atoms with van der Waals surface area (Å²) < 4.78 is 13.5. The second-order valence-corrected chi connectivity index (χ2v) is 6.35. The fraction of sp³-hybridized carbons (Fsp3) is 0.688. The lowest BCUT2D eigenvalue weighted by molar-refractivity contribution is -0.165. The lowest BCUT2D eigenvalue weighted by Gasteiger charge is -2.20. The molecule has 0 rings (SSSR count). The van der Waals surface area contributed by atoms with Crippen LogP contribution in [0, 0.1) is 0 Å². The van der Waals surface area contributed by atoms with Gasteiger partial charge < -0.3 is 58.2 Å². The number of carboxylic acids is 1. The Bertz CT molecular complexity index is 646. The van der Waals surface area contributed by atoms with Crippen LogP contribution in [0.3, 0.4) is 0 Å². The van der Waals surface area contributed by atoms with Gasteiger partial charge in [0.1, 0.15) is 42.9 Å². The smallest absolute Gasteiger partial charge is 0.334 e. The van der Waals surface area contributed by atoms with Gasteiger partial charge in [-0.25, -0.2) is 9.59 Å². The molecule has 0 spiro atoms.